The molecule has 0 aliphatic heterocycles. The number of nitrogens with two attached hydrogens (primary N) is 1. The van der Waals surface area contributed by atoms with E-state index in [-0.39, 0.29) is 5.69 Å². The van der Waals surface area contributed by atoms with Crippen LogP contribution in [-0.2, 0) is 6.18 Å². The number of alkyl halides is 3. The molecule has 0 amide bonds. The predicted molar refractivity (Wildman–Crippen MR) is 82.0 cm³/mol. The Balaban J connectivity index is 2.09. The summed E-state index contributed by atoms with van der Waals surface area (Å²) in [5, 5.41) is 1.17. The Morgan fingerprint density at radius 3 is 2.61 bits per heavy atom. The van der Waals surface area contributed by atoms with Crippen molar-refractivity contribution in [1.82, 2.24) is 9.97 Å². The number of fused-ring (bicyclic) bond motifs is 1. The molecule has 0 bridgehead atoms. The Labute approximate surface area is 134 Å². The van der Waals surface area contributed by atoms with Gasteiger partial charge in [-0.25, -0.2) is 0 Å². The van der Waals surface area contributed by atoms with Crippen molar-refractivity contribution < 1.29 is 13.2 Å². The smallest absolute Gasteiger partial charge is 0.319 e. The molecule has 1 aromatic carbocycles. The Hall–Kier alpha value is -2.18. The van der Waals surface area contributed by atoms with Gasteiger partial charge in [0.15, 0.2) is 0 Å². The normalized spacial score (nSPS) is 13.3. The fourth-order valence-electron chi connectivity index (χ4n) is 2.37. The van der Waals surface area contributed by atoms with E-state index in [0.29, 0.717) is 21.5 Å². The molecule has 118 valence electrons. The lowest BCUT2D eigenvalue weighted by molar-refractivity contribution is -0.138. The molecule has 0 aliphatic carbocycles. The van der Waals surface area contributed by atoms with E-state index in [1.165, 1.54) is 18.5 Å². The molecule has 2 aromatic heterocycles. The number of hydrogen-bond acceptors (Lipinski definition) is 3. The third-order valence-corrected chi connectivity index (χ3v) is 3.79. The van der Waals surface area contributed by atoms with Crippen LogP contribution in [0.5, 0.6) is 0 Å². The number of benzene rings is 1. The van der Waals surface area contributed by atoms with Crippen molar-refractivity contribution in [1.29, 1.82) is 0 Å². The number of halogens is 4. The molecule has 0 saturated carbocycles. The van der Waals surface area contributed by atoms with Crippen LogP contribution in [0.15, 0.2) is 48.8 Å². The molecule has 2 N–H and O–H groups in total. The second kappa shape index (κ2) is 5.79. The van der Waals surface area contributed by atoms with E-state index in [4.69, 9.17) is 17.3 Å². The zero-order valence-electron chi connectivity index (χ0n) is 11.7. The highest BCUT2D eigenvalue weighted by Crippen LogP contribution is 2.35. The number of para-hydroxylation sites is 1. The van der Waals surface area contributed by atoms with Gasteiger partial charge in [0.05, 0.1) is 27.8 Å². The van der Waals surface area contributed by atoms with Crippen LogP contribution in [-0.4, -0.2) is 9.97 Å². The number of pyridine rings is 2. The van der Waals surface area contributed by atoms with Gasteiger partial charge in [-0.3, -0.25) is 9.97 Å². The maximum absolute atomic E-state index is 13.1. The predicted octanol–water partition coefficient (Wildman–Crippen LogP) is 4.35. The molecule has 0 fully saturated rings. The van der Waals surface area contributed by atoms with E-state index in [1.54, 1.807) is 24.3 Å². The van der Waals surface area contributed by atoms with Crippen LogP contribution in [0.25, 0.3) is 10.9 Å². The zero-order valence-corrected chi connectivity index (χ0v) is 12.4. The first kappa shape index (κ1) is 15.7. The molecular weight excluding hydrogens is 327 g/mol. The third kappa shape index (κ3) is 3.00. The van der Waals surface area contributed by atoms with E-state index < -0.39 is 17.8 Å². The van der Waals surface area contributed by atoms with Crippen molar-refractivity contribution in [3.63, 3.8) is 0 Å². The van der Waals surface area contributed by atoms with Gasteiger partial charge in [-0.2, -0.15) is 13.2 Å². The van der Waals surface area contributed by atoms with Gasteiger partial charge in [0.25, 0.3) is 0 Å². The highest BCUT2D eigenvalue weighted by atomic mass is 35.5. The van der Waals surface area contributed by atoms with Crippen LogP contribution in [0.3, 0.4) is 0 Å². The molecular formula is C16H11ClF3N3. The van der Waals surface area contributed by atoms with Crippen LogP contribution < -0.4 is 5.73 Å². The molecule has 3 rings (SSSR count). The van der Waals surface area contributed by atoms with E-state index >= 15 is 0 Å². The Morgan fingerprint density at radius 2 is 1.87 bits per heavy atom. The van der Waals surface area contributed by atoms with Crippen LogP contribution in [0.1, 0.15) is 22.9 Å². The first-order valence-electron chi connectivity index (χ1n) is 6.70. The molecule has 0 radical (unpaired) electrons. The number of nitrogens with zero attached hydrogens (tertiary/aromatic N) is 2. The summed E-state index contributed by atoms with van der Waals surface area (Å²) in [6.45, 7) is 0. The van der Waals surface area contributed by atoms with Crippen LogP contribution in [0.4, 0.5) is 13.2 Å². The lowest BCUT2D eigenvalue weighted by atomic mass is 10.00. The molecule has 23 heavy (non-hydrogen) atoms. The van der Waals surface area contributed by atoms with Crippen LogP contribution in [0.2, 0.25) is 5.02 Å². The third-order valence-electron chi connectivity index (χ3n) is 3.48. The molecule has 0 unspecified atom stereocenters. The highest BCUT2D eigenvalue weighted by Gasteiger charge is 2.35. The topological polar surface area (TPSA) is 51.8 Å². The van der Waals surface area contributed by atoms with Crippen LogP contribution >= 0.6 is 11.6 Å². The minimum absolute atomic E-state index is 0.233. The summed E-state index contributed by atoms with van der Waals surface area (Å²) in [7, 11) is 0. The van der Waals surface area contributed by atoms with Crippen molar-refractivity contribution >= 4 is 22.5 Å². The summed E-state index contributed by atoms with van der Waals surface area (Å²) in [4.78, 5) is 8.02. The Kier molecular flexibility index (Phi) is 3.95. The van der Waals surface area contributed by atoms with Gasteiger partial charge in [0.1, 0.15) is 0 Å². The average molecular weight is 338 g/mol. The summed E-state index contributed by atoms with van der Waals surface area (Å²) in [5.74, 6) is 0. The zero-order chi connectivity index (χ0) is 16.6. The summed E-state index contributed by atoms with van der Waals surface area (Å²) < 4.78 is 39.3. The van der Waals surface area contributed by atoms with Gasteiger partial charge in [0.2, 0.25) is 0 Å². The SMILES string of the molecule is N[C@@H](c1cnc2c(Cl)cccc2c1)c1ncccc1C(F)(F)F. The first-order valence-corrected chi connectivity index (χ1v) is 7.07. The van der Waals surface area contributed by atoms with Gasteiger partial charge in [-0.15, -0.1) is 0 Å². The highest BCUT2D eigenvalue weighted by molar-refractivity contribution is 6.35. The maximum Gasteiger partial charge on any atom is 0.418 e. The van der Waals surface area contributed by atoms with Crippen molar-refractivity contribution in [3.8, 4) is 0 Å². The number of aromatic nitrogens is 2. The molecule has 1 atom stereocenters. The standard InChI is InChI=1S/C16H11ClF3N3/c17-12-5-1-3-9-7-10(8-23-14(9)12)13(21)15-11(16(18,19)20)4-2-6-22-15/h1-8,13H,21H2/t13-/m0/s1. The van der Waals surface area contributed by atoms with Crippen molar-refractivity contribution in [3.05, 3.63) is 70.6 Å². The molecule has 2 heterocycles. The molecule has 3 nitrogen and oxygen atoms in total. The van der Waals surface area contributed by atoms with Crippen molar-refractivity contribution in [2.75, 3.05) is 0 Å². The number of rotatable bonds is 2. The van der Waals surface area contributed by atoms with E-state index in [9.17, 15) is 13.2 Å². The summed E-state index contributed by atoms with van der Waals surface area (Å²) >= 11 is 6.04. The lowest BCUT2D eigenvalue weighted by Gasteiger charge is -2.17. The molecule has 0 spiro atoms. The summed E-state index contributed by atoms with van der Waals surface area (Å²) in [6.07, 6.45) is -1.81. The van der Waals surface area contributed by atoms with E-state index in [1.807, 2.05) is 0 Å². The van der Waals surface area contributed by atoms with E-state index in [2.05, 4.69) is 9.97 Å². The summed E-state index contributed by atoms with van der Waals surface area (Å²) in [6, 6.07) is 8.04. The fourth-order valence-corrected chi connectivity index (χ4v) is 2.60. The minimum atomic E-state index is -4.52. The van der Waals surface area contributed by atoms with Gasteiger partial charge in [-0.05, 0) is 29.8 Å². The van der Waals surface area contributed by atoms with Crippen molar-refractivity contribution in [2.45, 2.75) is 12.2 Å². The van der Waals surface area contributed by atoms with Gasteiger partial charge < -0.3 is 5.73 Å². The van der Waals surface area contributed by atoms with Crippen LogP contribution in [0, 0.1) is 0 Å². The molecule has 0 aliphatic rings. The second-order valence-electron chi connectivity index (χ2n) is 4.99. The monoisotopic (exact) mass is 337 g/mol. The average Bonchev–Trinajstić information content (AvgIpc) is 2.53. The Bertz CT molecular complexity index is 865. The van der Waals surface area contributed by atoms with Gasteiger partial charge >= 0.3 is 6.18 Å². The lowest BCUT2D eigenvalue weighted by Crippen LogP contribution is -2.20. The van der Waals surface area contributed by atoms with E-state index in [0.717, 1.165) is 6.07 Å². The maximum atomic E-state index is 13.1. The van der Waals surface area contributed by atoms with Gasteiger partial charge in [0, 0.05) is 17.8 Å². The van der Waals surface area contributed by atoms with Gasteiger partial charge in [-0.1, -0.05) is 23.7 Å². The summed E-state index contributed by atoms with van der Waals surface area (Å²) in [5.41, 5.74) is 5.93. The quantitative estimate of drug-likeness (QED) is 0.756. The fraction of sp³-hybridized carbons (Fsp3) is 0.125. The minimum Gasteiger partial charge on any atom is -0.319 e. The Morgan fingerprint density at radius 1 is 1.09 bits per heavy atom. The number of hydrogen-bond donors (Lipinski definition) is 1. The first-order chi connectivity index (χ1) is 10.9. The molecule has 3 aromatic rings. The second-order valence-corrected chi connectivity index (χ2v) is 5.40. The molecule has 7 heteroatoms. The largest absolute Gasteiger partial charge is 0.418 e. The molecule has 0 saturated heterocycles. The van der Waals surface area contributed by atoms with Crippen molar-refractivity contribution in [2.24, 2.45) is 5.73 Å².